The van der Waals surface area contributed by atoms with Crippen LogP contribution >= 0.6 is 0 Å². The number of nitro groups is 1. The van der Waals surface area contributed by atoms with Crippen molar-refractivity contribution in [1.82, 2.24) is 0 Å². The Morgan fingerprint density at radius 1 is 0.750 bits per heavy atom. The summed E-state index contributed by atoms with van der Waals surface area (Å²) in [6, 6.07) is 17.4. The van der Waals surface area contributed by atoms with E-state index in [4.69, 9.17) is 0 Å². The summed E-state index contributed by atoms with van der Waals surface area (Å²) in [4.78, 5) is 10.8. The van der Waals surface area contributed by atoms with E-state index in [1.165, 1.54) is 0 Å². The van der Waals surface area contributed by atoms with Crippen LogP contribution in [-0.4, -0.2) is 4.92 Å². The summed E-state index contributed by atoms with van der Waals surface area (Å²) in [5.74, 6) is 0. The lowest BCUT2D eigenvalue weighted by molar-refractivity contribution is -0.383. The molecule has 0 fully saturated rings. The molecule has 4 rings (SSSR count). The van der Waals surface area contributed by atoms with Crippen molar-refractivity contribution < 1.29 is 4.92 Å². The monoisotopic (exact) mass is 263 g/mol. The summed E-state index contributed by atoms with van der Waals surface area (Å²) in [6.45, 7) is 0. The van der Waals surface area contributed by atoms with Crippen molar-refractivity contribution in [2.45, 2.75) is 7.43 Å². The van der Waals surface area contributed by atoms with Gasteiger partial charge in [-0.2, -0.15) is 0 Å². The summed E-state index contributed by atoms with van der Waals surface area (Å²) in [5, 5.41) is 17.3. The maximum Gasteiger partial charge on any atom is 0.277 e. The third-order valence-corrected chi connectivity index (χ3v) is 3.70. The quantitative estimate of drug-likeness (QED) is 0.271. The zero-order chi connectivity index (χ0) is 13.0. The molecule has 0 N–H and O–H groups in total. The van der Waals surface area contributed by atoms with Crippen molar-refractivity contribution in [2.75, 3.05) is 0 Å². The van der Waals surface area contributed by atoms with Gasteiger partial charge in [-0.1, -0.05) is 43.8 Å². The Morgan fingerprint density at radius 3 is 1.95 bits per heavy atom. The smallest absolute Gasteiger partial charge is 0.258 e. The van der Waals surface area contributed by atoms with Gasteiger partial charge < -0.3 is 0 Å². The Balaban J connectivity index is 0.00000121. The Morgan fingerprint density at radius 2 is 1.30 bits per heavy atom. The predicted octanol–water partition coefficient (Wildman–Crippen LogP) is 5.13. The molecule has 0 aliphatic heterocycles. The fourth-order valence-corrected chi connectivity index (χ4v) is 2.88. The number of rotatable bonds is 1. The molecule has 0 saturated carbocycles. The van der Waals surface area contributed by atoms with E-state index in [1.54, 1.807) is 6.07 Å². The molecular formula is C17H13NO2. The highest BCUT2D eigenvalue weighted by Gasteiger charge is 2.16. The van der Waals surface area contributed by atoms with Crippen molar-refractivity contribution in [2.24, 2.45) is 0 Å². The lowest BCUT2D eigenvalue weighted by Crippen LogP contribution is -1.91. The first-order valence-corrected chi connectivity index (χ1v) is 6.06. The molecular weight excluding hydrogens is 250 g/mol. The second-order valence-electron chi connectivity index (χ2n) is 4.70. The molecule has 4 aromatic carbocycles. The molecule has 0 radical (unpaired) electrons. The number of nitro benzene ring substituents is 1. The number of non-ortho nitro benzene ring substituents is 1. The second-order valence-corrected chi connectivity index (χ2v) is 4.70. The van der Waals surface area contributed by atoms with Gasteiger partial charge in [-0.15, -0.1) is 0 Å². The van der Waals surface area contributed by atoms with E-state index in [0.717, 1.165) is 26.9 Å². The minimum atomic E-state index is -0.314. The van der Waals surface area contributed by atoms with Crippen molar-refractivity contribution in [3.05, 3.63) is 64.7 Å². The van der Waals surface area contributed by atoms with Crippen molar-refractivity contribution in [3.8, 4) is 0 Å². The van der Waals surface area contributed by atoms with E-state index in [1.807, 2.05) is 42.5 Å². The van der Waals surface area contributed by atoms with Crippen molar-refractivity contribution in [1.29, 1.82) is 0 Å². The molecule has 3 heteroatoms. The molecule has 3 nitrogen and oxygen atoms in total. The number of hydrogen-bond acceptors (Lipinski definition) is 2. The molecule has 0 aliphatic rings. The highest BCUT2D eigenvalue weighted by Crippen LogP contribution is 2.38. The van der Waals surface area contributed by atoms with Gasteiger partial charge in [-0.3, -0.25) is 10.1 Å². The second kappa shape index (κ2) is 4.17. The summed E-state index contributed by atoms with van der Waals surface area (Å²) in [6.07, 6.45) is 0. The summed E-state index contributed by atoms with van der Waals surface area (Å²) in [7, 11) is 0. The zero-order valence-corrected chi connectivity index (χ0v) is 9.96. The van der Waals surface area contributed by atoms with Gasteiger partial charge in [0.05, 0.1) is 10.3 Å². The standard InChI is InChI=1S/C16H9NO2.CH4/c18-17(19)14-9-7-12-5-4-10-2-1-3-11-6-8-13(14)16(12)15(10)11;/h1-9H;1H4. The zero-order valence-electron chi connectivity index (χ0n) is 9.96. The normalized spacial score (nSPS) is 11.0. The Kier molecular flexibility index (Phi) is 2.57. The Bertz CT molecular complexity index is 928. The van der Waals surface area contributed by atoms with Crippen LogP contribution in [0.3, 0.4) is 0 Å². The fourth-order valence-electron chi connectivity index (χ4n) is 2.88. The van der Waals surface area contributed by atoms with Crippen LogP contribution in [0.25, 0.3) is 32.3 Å². The Labute approximate surface area is 115 Å². The summed E-state index contributed by atoms with van der Waals surface area (Å²) < 4.78 is 0. The maximum absolute atomic E-state index is 11.2. The number of hydrogen-bond donors (Lipinski definition) is 0. The summed E-state index contributed by atoms with van der Waals surface area (Å²) in [5.41, 5.74) is 0.172. The molecule has 0 saturated heterocycles. The average molecular weight is 263 g/mol. The van der Waals surface area contributed by atoms with E-state index in [-0.39, 0.29) is 18.0 Å². The number of nitrogens with zero attached hydrogens (tertiary/aromatic N) is 1. The van der Waals surface area contributed by atoms with Crippen LogP contribution in [0.5, 0.6) is 0 Å². The third kappa shape index (κ3) is 1.46. The van der Waals surface area contributed by atoms with Crippen LogP contribution in [0.4, 0.5) is 5.69 Å². The fraction of sp³-hybridized carbons (Fsp3) is 0.0588. The summed E-state index contributed by atoms with van der Waals surface area (Å²) >= 11 is 0. The minimum absolute atomic E-state index is 0. The van der Waals surface area contributed by atoms with Crippen LogP contribution < -0.4 is 0 Å². The van der Waals surface area contributed by atoms with E-state index in [2.05, 4.69) is 6.07 Å². The molecule has 0 aliphatic carbocycles. The maximum atomic E-state index is 11.2. The van der Waals surface area contributed by atoms with Crippen molar-refractivity contribution >= 4 is 38.0 Å². The number of benzene rings is 4. The Hall–Kier alpha value is -2.68. The third-order valence-electron chi connectivity index (χ3n) is 3.70. The predicted molar refractivity (Wildman–Crippen MR) is 83.5 cm³/mol. The van der Waals surface area contributed by atoms with Gasteiger partial charge in [0.15, 0.2) is 0 Å². The first-order chi connectivity index (χ1) is 9.25. The van der Waals surface area contributed by atoms with Gasteiger partial charge in [0.1, 0.15) is 0 Å². The molecule has 0 spiro atoms. The van der Waals surface area contributed by atoms with Gasteiger partial charge in [-0.05, 0) is 33.7 Å². The van der Waals surface area contributed by atoms with E-state index >= 15 is 0 Å². The molecule has 0 bridgehead atoms. The highest BCUT2D eigenvalue weighted by atomic mass is 16.6. The molecule has 20 heavy (non-hydrogen) atoms. The molecule has 98 valence electrons. The molecule has 0 aromatic heterocycles. The van der Waals surface area contributed by atoms with E-state index < -0.39 is 0 Å². The van der Waals surface area contributed by atoms with Crippen LogP contribution in [0, 0.1) is 10.1 Å². The lowest BCUT2D eigenvalue weighted by atomic mass is 9.94. The van der Waals surface area contributed by atoms with Crippen LogP contribution in [-0.2, 0) is 0 Å². The van der Waals surface area contributed by atoms with Gasteiger partial charge in [-0.25, -0.2) is 0 Å². The molecule has 0 heterocycles. The van der Waals surface area contributed by atoms with Crippen molar-refractivity contribution in [3.63, 3.8) is 0 Å². The molecule has 0 unspecified atom stereocenters. The first kappa shape index (κ1) is 12.4. The molecule has 4 aromatic rings. The van der Waals surface area contributed by atoms with Gasteiger partial charge in [0.25, 0.3) is 5.69 Å². The van der Waals surface area contributed by atoms with Gasteiger partial charge in [0, 0.05) is 11.5 Å². The van der Waals surface area contributed by atoms with Crippen LogP contribution in [0.2, 0.25) is 0 Å². The van der Waals surface area contributed by atoms with Gasteiger partial charge in [0.2, 0.25) is 0 Å². The van der Waals surface area contributed by atoms with E-state index in [0.29, 0.717) is 5.39 Å². The topological polar surface area (TPSA) is 43.1 Å². The first-order valence-electron chi connectivity index (χ1n) is 6.06. The SMILES string of the molecule is C.O=[N+]([O-])c1ccc2ccc3cccc4ccc1c2c34. The average Bonchev–Trinajstić information content (AvgIpc) is 2.44. The largest absolute Gasteiger partial charge is 0.277 e. The van der Waals surface area contributed by atoms with Crippen LogP contribution in [0.1, 0.15) is 7.43 Å². The molecule has 0 amide bonds. The lowest BCUT2D eigenvalue weighted by Gasteiger charge is -2.10. The molecule has 0 atom stereocenters. The highest BCUT2D eigenvalue weighted by molar-refractivity contribution is 6.24. The van der Waals surface area contributed by atoms with Gasteiger partial charge >= 0.3 is 0 Å². The minimum Gasteiger partial charge on any atom is -0.258 e. The van der Waals surface area contributed by atoms with E-state index in [9.17, 15) is 10.1 Å². The van der Waals surface area contributed by atoms with Crippen LogP contribution in [0.15, 0.2) is 54.6 Å².